The lowest BCUT2D eigenvalue weighted by Gasteiger charge is -2.10. The summed E-state index contributed by atoms with van der Waals surface area (Å²) in [5.41, 5.74) is 3.53. The van der Waals surface area contributed by atoms with Crippen LogP contribution < -0.4 is 14.2 Å². The van der Waals surface area contributed by atoms with E-state index >= 15 is 0 Å². The zero-order valence-electron chi connectivity index (χ0n) is 15.8. The molecule has 0 atom stereocenters. The number of halogens is 1. The molecule has 0 aliphatic carbocycles. The van der Waals surface area contributed by atoms with E-state index in [2.05, 4.69) is 28.1 Å². The van der Waals surface area contributed by atoms with E-state index in [9.17, 15) is 10.5 Å². The van der Waals surface area contributed by atoms with Crippen LogP contribution in [0.15, 0.2) is 65.1 Å². The summed E-state index contributed by atoms with van der Waals surface area (Å²) >= 11 is 3.53. The van der Waals surface area contributed by atoms with Gasteiger partial charge in [0.05, 0.1) is 27.7 Å². The van der Waals surface area contributed by atoms with Crippen molar-refractivity contribution in [3.63, 3.8) is 0 Å². The maximum atomic E-state index is 9.62. The largest absolute Gasteiger partial charge is 0.488 e. The first kappa shape index (κ1) is 19.6. The summed E-state index contributed by atoms with van der Waals surface area (Å²) in [6.45, 7) is 0.482. The molecule has 4 rings (SSSR count). The summed E-state index contributed by atoms with van der Waals surface area (Å²) in [5.74, 6) is 1.97. The summed E-state index contributed by atoms with van der Waals surface area (Å²) in [6, 6.07) is 22.8. The van der Waals surface area contributed by atoms with E-state index in [0.29, 0.717) is 28.4 Å². The van der Waals surface area contributed by atoms with Gasteiger partial charge < -0.3 is 14.2 Å². The number of nitrogens with zero attached hydrogens (tertiary/aromatic N) is 2. The molecular formula is C24H15BrN2O3. The summed E-state index contributed by atoms with van der Waals surface area (Å²) in [5, 5.41) is 18.8. The van der Waals surface area contributed by atoms with Gasteiger partial charge in [-0.25, -0.2) is 0 Å². The first-order chi connectivity index (χ1) is 14.7. The number of ether oxygens (including phenoxy) is 3. The molecule has 0 unspecified atom stereocenters. The summed E-state index contributed by atoms with van der Waals surface area (Å²) in [4.78, 5) is 0. The molecule has 0 saturated carbocycles. The van der Waals surface area contributed by atoms with Crippen molar-refractivity contribution >= 4 is 27.6 Å². The van der Waals surface area contributed by atoms with E-state index < -0.39 is 0 Å². The van der Waals surface area contributed by atoms with Gasteiger partial charge in [-0.3, -0.25) is 0 Å². The second-order valence-electron chi connectivity index (χ2n) is 6.49. The van der Waals surface area contributed by atoms with Crippen molar-refractivity contribution < 1.29 is 14.2 Å². The Morgan fingerprint density at radius 2 is 1.87 bits per heavy atom. The van der Waals surface area contributed by atoms with E-state index in [1.165, 1.54) is 0 Å². The van der Waals surface area contributed by atoms with Gasteiger partial charge in [0.2, 0.25) is 6.79 Å². The highest BCUT2D eigenvalue weighted by atomic mass is 79.9. The van der Waals surface area contributed by atoms with Gasteiger partial charge in [0.15, 0.2) is 11.5 Å². The molecule has 0 amide bonds. The molecule has 0 spiro atoms. The van der Waals surface area contributed by atoms with E-state index in [-0.39, 0.29) is 13.4 Å². The van der Waals surface area contributed by atoms with Gasteiger partial charge in [-0.1, -0.05) is 24.3 Å². The van der Waals surface area contributed by atoms with Crippen LogP contribution in [0.3, 0.4) is 0 Å². The number of hydrogen-bond donors (Lipinski definition) is 0. The molecule has 0 saturated heterocycles. The number of nitriles is 2. The lowest BCUT2D eigenvalue weighted by Crippen LogP contribution is -1.98. The highest BCUT2D eigenvalue weighted by Crippen LogP contribution is 2.35. The van der Waals surface area contributed by atoms with Crippen molar-refractivity contribution in [2.24, 2.45) is 0 Å². The predicted octanol–water partition coefficient (Wildman–Crippen LogP) is 5.69. The van der Waals surface area contributed by atoms with Crippen LogP contribution in [0.5, 0.6) is 17.2 Å². The van der Waals surface area contributed by atoms with Gasteiger partial charge in [-0.2, -0.15) is 10.5 Å². The molecule has 0 radical (unpaired) electrons. The number of benzene rings is 3. The molecule has 0 N–H and O–H groups in total. The molecule has 0 fully saturated rings. The van der Waals surface area contributed by atoms with Crippen molar-refractivity contribution in [2.45, 2.75) is 6.61 Å². The number of rotatable bonds is 5. The van der Waals surface area contributed by atoms with Crippen LogP contribution in [0.1, 0.15) is 22.3 Å². The van der Waals surface area contributed by atoms with Gasteiger partial charge in [0, 0.05) is 5.56 Å². The third-order valence-corrected chi connectivity index (χ3v) is 5.21. The molecule has 1 aliphatic heterocycles. The van der Waals surface area contributed by atoms with Gasteiger partial charge >= 0.3 is 0 Å². The van der Waals surface area contributed by atoms with Crippen LogP contribution in [-0.4, -0.2) is 6.79 Å². The standard InChI is InChI=1S/C24H15BrN2O3/c25-21-10-16(5-7-22(21)28-14-19-4-2-1-3-18(19)12-26)9-20(13-27)17-6-8-23-24(11-17)30-15-29-23/h1-11H,14-15H2/b20-9-. The maximum Gasteiger partial charge on any atom is 0.231 e. The SMILES string of the molecule is N#C/C(=C/c1ccc(OCc2ccccc2C#N)c(Br)c1)c1ccc2c(c1)OCO2. The van der Waals surface area contributed by atoms with Crippen LogP contribution in [0.4, 0.5) is 0 Å². The maximum absolute atomic E-state index is 9.62. The fraction of sp³-hybridized carbons (Fsp3) is 0.0833. The van der Waals surface area contributed by atoms with Crippen molar-refractivity contribution in [3.05, 3.63) is 87.4 Å². The second kappa shape index (κ2) is 8.73. The number of allylic oxidation sites excluding steroid dienone is 1. The Balaban J connectivity index is 1.53. The minimum absolute atomic E-state index is 0.192. The molecule has 1 aliphatic rings. The van der Waals surface area contributed by atoms with Crippen molar-refractivity contribution in [1.29, 1.82) is 10.5 Å². The number of hydrogen-bond acceptors (Lipinski definition) is 5. The Labute approximate surface area is 182 Å². The smallest absolute Gasteiger partial charge is 0.231 e. The van der Waals surface area contributed by atoms with Gasteiger partial charge in [-0.05, 0) is 69.5 Å². The third-order valence-electron chi connectivity index (χ3n) is 4.59. The average molecular weight is 459 g/mol. The first-order valence-corrected chi connectivity index (χ1v) is 9.89. The zero-order chi connectivity index (χ0) is 20.9. The van der Waals surface area contributed by atoms with E-state index in [1.54, 1.807) is 24.3 Å². The third kappa shape index (κ3) is 4.15. The summed E-state index contributed by atoms with van der Waals surface area (Å²) in [7, 11) is 0. The van der Waals surface area contributed by atoms with Crippen molar-refractivity contribution in [1.82, 2.24) is 0 Å². The van der Waals surface area contributed by atoms with E-state index in [4.69, 9.17) is 14.2 Å². The molecule has 6 heteroatoms. The molecule has 3 aromatic rings. The first-order valence-electron chi connectivity index (χ1n) is 9.10. The van der Waals surface area contributed by atoms with Crippen molar-refractivity contribution in [2.75, 3.05) is 6.79 Å². The lowest BCUT2D eigenvalue weighted by molar-refractivity contribution is 0.174. The Bertz CT molecular complexity index is 1220. The van der Waals surface area contributed by atoms with Crippen LogP contribution >= 0.6 is 15.9 Å². The fourth-order valence-corrected chi connectivity index (χ4v) is 3.56. The molecule has 30 heavy (non-hydrogen) atoms. The molecule has 3 aromatic carbocycles. The minimum atomic E-state index is 0.192. The monoisotopic (exact) mass is 458 g/mol. The highest BCUT2D eigenvalue weighted by molar-refractivity contribution is 9.10. The van der Waals surface area contributed by atoms with Crippen LogP contribution in [-0.2, 0) is 6.61 Å². The zero-order valence-corrected chi connectivity index (χ0v) is 17.3. The average Bonchev–Trinajstić information content (AvgIpc) is 3.25. The number of fused-ring (bicyclic) bond motifs is 1. The molecule has 0 bridgehead atoms. The Kier molecular flexibility index (Phi) is 5.70. The van der Waals surface area contributed by atoms with E-state index in [0.717, 1.165) is 21.2 Å². The van der Waals surface area contributed by atoms with Gasteiger partial charge in [-0.15, -0.1) is 0 Å². The molecule has 0 aromatic heterocycles. The summed E-state index contributed by atoms with van der Waals surface area (Å²) in [6.07, 6.45) is 1.80. The topological polar surface area (TPSA) is 75.3 Å². The fourth-order valence-electron chi connectivity index (χ4n) is 3.05. The Morgan fingerprint density at radius 1 is 1.03 bits per heavy atom. The molecule has 146 valence electrons. The second-order valence-corrected chi connectivity index (χ2v) is 7.34. The van der Waals surface area contributed by atoms with Crippen molar-refractivity contribution in [3.8, 4) is 29.4 Å². The Hall–Kier alpha value is -3.74. The molecule has 5 nitrogen and oxygen atoms in total. The Morgan fingerprint density at radius 3 is 2.67 bits per heavy atom. The quantitative estimate of drug-likeness (QED) is 0.362. The normalized spacial score (nSPS) is 12.2. The summed E-state index contributed by atoms with van der Waals surface area (Å²) < 4.78 is 17.3. The molecular weight excluding hydrogens is 444 g/mol. The van der Waals surface area contributed by atoms with Gasteiger partial charge in [0.1, 0.15) is 12.4 Å². The van der Waals surface area contributed by atoms with E-state index in [1.807, 2.05) is 42.5 Å². The van der Waals surface area contributed by atoms with Crippen LogP contribution in [0, 0.1) is 22.7 Å². The lowest BCUT2D eigenvalue weighted by atomic mass is 10.0. The van der Waals surface area contributed by atoms with Crippen LogP contribution in [0.2, 0.25) is 0 Å². The predicted molar refractivity (Wildman–Crippen MR) is 116 cm³/mol. The van der Waals surface area contributed by atoms with Gasteiger partial charge in [0.25, 0.3) is 0 Å². The van der Waals surface area contributed by atoms with Crippen LogP contribution in [0.25, 0.3) is 11.6 Å². The molecule has 1 heterocycles. The minimum Gasteiger partial charge on any atom is -0.488 e. The highest BCUT2D eigenvalue weighted by Gasteiger charge is 2.15.